The number of hydrogen-bond donors (Lipinski definition) is 0. The van der Waals surface area contributed by atoms with Gasteiger partial charge in [0, 0.05) is 24.9 Å². The molecule has 0 N–H and O–H groups in total. The van der Waals surface area contributed by atoms with Crippen LogP contribution in [0.4, 0.5) is 0 Å². The number of carbonyl (C=O) groups is 2. The highest BCUT2D eigenvalue weighted by Gasteiger charge is 2.51. The zero-order chi connectivity index (χ0) is 20.0. The number of esters is 1. The number of thiazole rings is 1. The van der Waals surface area contributed by atoms with Crippen LogP contribution in [0.25, 0.3) is 11.0 Å². The standard InChI is InChI=1S/C21H22N4O3S/c1-14-23-17(12-29-14)19(26)24-8-6-21(7-9-24)10-15(28-20(21)27)11-25-13-22-16-4-2-3-5-18(16)25/h2-5,12-13,15H,6-11H2,1H3. The summed E-state index contributed by atoms with van der Waals surface area (Å²) in [5.41, 5.74) is 2.01. The summed E-state index contributed by atoms with van der Waals surface area (Å²) in [5.74, 6) is -0.166. The predicted molar refractivity (Wildman–Crippen MR) is 109 cm³/mol. The van der Waals surface area contributed by atoms with Crippen molar-refractivity contribution in [2.75, 3.05) is 13.1 Å². The average Bonchev–Trinajstić information content (AvgIpc) is 3.41. The number of amides is 1. The number of carbonyl (C=O) groups excluding carboxylic acids is 2. The number of para-hydroxylation sites is 2. The lowest BCUT2D eigenvalue weighted by Crippen LogP contribution is -2.45. The van der Waals surface area contributed by atoms with E-state index in [-0.39, 0.29) is 18.0 Å². The Balaban J connectivity index is 1.25. The fourth-order valence-corrected chi connectivity index (χ4v) is 5.07. The molecule has 1 spiro atoms. The molecule has 0 saturated carbocycles. The summed E-state index contributed by atoms with van der Waals surface area (Å²) in [4.78, 5) is 35.9. The van der Waals surface area contributed by atoms with Crippen LogP contribution in [0, 0.1) is 12.3 Å². The Bertz CT molecular complexity index is 1080. The minimum absolute atomic E-state index is 0.0444. The van der Waals surface area contributed by atoms with Crippen LogP contribution in [0.3, 0.4) is 0 Å². The molecule has 0 radical (unpaired) electrons. The Morgan fingerprint density at radius 2 is 2.10 bits per heavy atom. The third-order valence-corrected chi connectivity index (χ3v) is 6.87. The molecule has 2 aliphatic rings. The molecule has 2 fully saturated rings. The molecule has 1 aromatic carbocycles. The summed E-state index contributed by atoms with van der Waals surface area (Å²) in [6.07, 6.45) is 3.61. The van der Waals surface area contributed by atoms with E-state index in [1.165, 1.54) is 11.3 Å². The number of benzene rings is 1. The van der Waals surface area contributed by atoms with Gasteiger partial charge in [-0.05, 0) is 31.9 Å². The minimum atomic E-state index is -0.476. The van der Waals surface area contributed by atoms with E-state index in [1.807, 2.05) is 36.1 Å². The number of fused-ring (bicyclic) bond motifs is 1. The van der Waals surface area contributed by atoms with Gasteiger partial charge < -0.3 is 14.2 Å². The normalized spacial score (nSPS) is 21.1. The maximum Gasteiger partial charge on any atom is 0.312 e. The number of rotatable bonds is 3. The molecule has 8 heteroatoms. The second kappa shape index (κ2) is 6.95. The molecular formula is C21H22N4O3S. The van der Waals surface area contributed by atoms with Crippen molar-refractivity contribution in [2.24, 2.45) is 5.41 Å². The van der Waals surface area contributed by atoms with Crippen LogP contribution in [0.15, 0.2) is 36.0 Å². The summed E-state index contributed by atoms with van der Waals surface area (Å²) in [5, 5.41) is 2.69. The number of aryl methyl sites for hydroxylation is 1. The van der Waals surface area contributed by atoms with Crippen molar-refractivity contribution >= 4 is 34.2 Å². The molecule has 2 saturated heterocycles. The molecular weight excluding hydrogens is 388 g/mol. The van der Waals surface area contributed by atoms with E-state index >= 15 is 0 Å². The zero-order valence-electron chi connectivity index (χ0n) is 16.2. The lowest BCUT2D eigenvalue weighted by Gasteiger charge is -2.36. The number of piperidine rings is 1. The number of likely N-dealkylation sites (tertiary alicyclic amines) is 1. The van der Waals surface area contributed by atoms with Gasteiger partial charge in [-0.15, -0.1) is 11.3 Å². The lowest BCUT2D eigenvalue weighted by atomic mass is 9.76. The van der Waals surface area contributed by atoms with Crippen LogP contribution < -0.4 is 0 Å². The van der Waals surface area contributed by atoms with E-state index in [1.54, 1.807) is 11.7 Å². The summed E-state index contributed by atoms with van der Waals surface area (Å²) in [6, 6.07) is 7.95. The van der Waals surface area contributed by atoms with Crippen LogP contribution in [-0.2, 0) is 16.1 Å². The van der Waals surface area contributed by atoms with E-state index < -0.39 is 5.41 Å². The Hall–Kier alpha value is -2.74. The van der Waals surface area contributed by atoms with E-state index in [4.69, 9.17) is 4.74 Å². The summed E-state index contributed by atoms with van der Waals surface area (Å²) in [7, 11) is 0. The highest BCUT2D eigenvalue weighted by atomic mass is 32.1. The number of hydrogen-bond acceptors (Lipinski definition) is 6. The third kappa shape index (κ3) is 3.21. The molecule has 1 unspecified atom stereocenters. The monoisotopic (exact) mass is 410 g/mol. The number of cyclic esters (lactones) is 1. The average molecular weight is 410 g/mol. The third-order valence-electron chi connectivity index (χ3n) is 6.10. The second-order valence-corrected chi connectivity index (χ2v) is 9.00. The van der Waals surface area contributed by atoms with Gasteiger partial charge in [-0.25, -0.2) is 9.97 Å². The molecule has 2 aliphatic heterocycles. The van der Waals surface area contributed by atoms with Crippen LogP contribution in [0.2, 0.25) is 0 Å². The highest BCUT2D eigenvalue weighted by molar-refractivity contribution is 7.09. The molecule has 2 aromatic heterocycles. The number of nitrogens with zero attached hydrogens (tertiary/aromatic N) is 4. The van der Waals surface area contributed by atoms with Crippen molar-refractivity contribution < 1.29 is 14.3 Å². The van der Waals surface area contributed by atoms with Gasteiger partial charge in [-0.2, -0.15) is 0 Å². The molecule has 5 rings (SSSR count). The van der Waals surface area contributed by atoms with E-state index in [0.717, 1.165) is 16.0 Å². The molecule has 7 nitrogen and oxygen atoms in total. The van der Waals surface area contributed by atoms with E-state index in [2.05, 4.69) is 14.5 Å². The molecule has 1 atom stereocenters. The number of aromatic nitrogens is 3. The van der Waals surface area contributed by atoms with Crippen LogP contribution in [-0.4, -0.2) is 50.5 Å². The van der Waals surface area contributed by atoms with Crippen LogP contribution >= 0.6 is 11.3 Å². The summed E-state index contributed by atoms with van der Waals surface area (Å²) < 4.78 is 7.81. The second-order valence-electron chi connectivity index (χ2n) is 7.94. The van der Waals surface area contributed by atoms with Crippen molar-refractivity contribution in [3.8, 4) is 0 Å². The van der Waals surface area contributed by atoms with Gasteiger partial charge in [-0.1, -0.05) is 12.1 Å². The van der Waals surface area contributed by atoms with Gasteiger partial charge in [0.25, 0.3) is 5.91 Å². The van der Waals surface area contributed by atoms with Crippen molar-refractivity contribution in [1.82, 2.24) is 19.4 Å². The molecule has 0 bridgehead atoms. The van der Waals surface area contributed by atoms with Crippen molar-refractivity contribution in [2.45, 2.75) is 38.8 Å². The molecule has 150 valence electrons. The predicted octanol–water partition coefficient (Wildman–Crippen LogP) is 3.04. The van der Waals surface area contributed by atoms with E-state index in [9.17, 15) is 9.59 Å². The Kier molecular flexibility index (Phi) is 4.38. The summed E-state index contributed by atoms with van der Waals surface area (Å²) >= 11 is 1.48. The Labute approximate surface area is 172 Å². The first-order chi connectivity index (χ1) is 14.0. The molecule has 0 aliphatic carbocycles. The molecule has 29 heavy (non-hydrogen) atoms. The van der Waals surface area contributed by atoms with Gasteiger partial charge in [0.1, 0.15) is 11.8 Å². The van der Waals surface area contributed by atoms with Gasteiger partial charge in [0.05, 0.1) is 34.3 Å². The maximum atomic E-state index is 12.7. The first-order valence-corrected chi connectivity index (χ1v) is 10.7. The number of imidazole rings is 1. The van der Waals surface area contributed by atoms with Crippen molar-refractivity contribution in [3.63, 3.8) is 0 Å². The largest absolute Gasteiger partial charge is 0.460 e. The molecule has 1 amide bonds. The van der Waals surface area contributed by atoms with Crippen molar-refractivity contribution in [1.29, 1.82) is 0 Å². The zero-order valence-corrected chi connectivity index (χ0v) is 17.0. The van der Waals surface area contributed by atoms with Gasteiger partial charge in [0.2, 0.25) is 0 Å². The Morgan fingerprint density at radius 1 is 1.31 bits per heavy atom. The SMILES string of the molecule is Cc1nc(C(=O)N2CCC3(CC2)CC(Cn2cnc4ccccc42)OC3=O)cs1. The topological polar surface area (TPSA) is 77.3 Å². The van der Waals surface area contributed by atoms with Crippen LogP contribution in [0.1, 0.15) is 34.8 Å². The van der Waals surface area contributed by atoms with Gasteiger partial charge in [-0.3, -0.25) is 9.59 Å². The van der Waals surface area contributed by atoms with Crippen molar-refractivity contribution in [3.05, 3.63) is 46.7 Å². The summed E-state index contributed by atoms with van der Waals surface area (Å²) in [6.45, 7) is 3.62. The van der Waals surface area contributed by atoms with Crippen LogP contribution in [0.5, 0.6) is 0 Å². The minimum Gasteiger partial charge on any atom is -0.460 e. The fraction of sp³-hybridized carbons (Fsp3) is 0.429. The van der Waals surface area contributed by atoms with Gasteiger partial charge in [0.15, 0.2) is 0 Å². The highest BCUT2D eigenvalue weighted by Crippen LogP contribution is 2.43. The first-order valence-electron chi connectivity index (χ1n) is 9.86. The molecule has 3 aromatic rings. The lowest BCUT2D eigenvalue weighted by molar-refractivity contribution is -0.150. The number of ether oxygens (including phenoxy) is 1. The van der Waals surface area contributed by atoms with Gasteiger partial charge >= 0.3 is 5.97 Å². The quantitative estimate of drug-likeness (QED) is 0.620. The molecule has 4 heterocycles. The smallest absolute Gasteiger partial charge is 0.312 e. The van der Waals surface area contributed by atoms with E-state index in [0.29, 0.717) is 44.6 Å². The first kappa shape index (κ1) is 18.3. The fourth-order valence-electron chi connectivity index (χ4n) is 4.48. The Morgan fingerprint density at radius 3 is 2.86 bits per heavy atom. The maximum absolute atomic E-state index is 12.7.